The first kappa shape index (κ1) is 20.0. The van der Waals surface area contributed by atoms with Crippen molar-refractivity contribution in [3.05, 3.63) is 63.8 Å². The molecule has 1 aromatic heterocycles. The van der Waals surface area contributed by atoms with Gasteiger partial charge in [0.1, 0.15) is 12.0 Å². The van der Waals surface area contributed by atoms with Crippen LogP contribution in [0.4, 0.5) is 4.39 Å². The Kier molecular flexibility index (Phi) is 6.11. The second-order valence-corrected chi connectivity index (χ2v) is 7.03. The van der Waals surface area contributed by atoms with Gasteiger partial charge >= 0.3 is 0 Å². The highest BCUT2D eigenvalue weighted by molar-refractivity contribution is 5.96. The molecule has 0 radical (unpaired) electrons. The van der Waals surface area contributed by atoms with Gasteiger partial charge in [-0.25, -0.2) is 4.39 Å². The summed E-state index contributed by atoms with van der Waals surface area (Å²) >= 11 is 0. The molecule has 1 amide bonds. The zero-order valence-corrected chi connectivity index (χ0v) is 15.8. The molecule has 0 bridgehead atoms. The fourth-order valence-electron chi connectivity index (χ4n) is 3.53. The van der Waals surface area contributed by atoms with Gasteiger partial charge in [0.15, 0.2) is 11.4 Å². The summed E-state index contributed by atoms with van der Waals surface area (Å²) in [6.07, 6.45) is 3.59. The Labute approximate surface area is 162 Å². The first-order valence-corrected chi connectivity index (χ1v) is 9.30. The normalized spacial score (nSPS) is 19.2. The lowest BCUT2D eigenvalue weighted by Crippen LogP contribution is -2.55. The highest BCUT2D eigenvalue weighted by atomic mass is 19.1. The maximum Gasteiger partial charge on any atom is 0.275 e. The molecule has 1 fully saturated rings. The molecule has 1 atom stereocenters. The molecule has 1 saturated heterocycles. The molecule has 2 aliphatic rings. The molecular formula is C20H25FN4O3. The molecule has 1 aromatic carbocycles. The van der Waals surface area contributed by atoms with Crippen LogP contribution in [0.1, 0.15) is 28.9 Å². The van der Waals surface area contributed by atoms with Crippen molar-refractivity contribution in [2.24, 2.45) is 5.73 Å². The summed E-state index contributed by atoms with van der Waals surface area (Å²) in [5.74, 6) is -0.898. The molecule has 2 aliphatic heterocycles. The Hall–Kier alpha value is -2.71. The van der Waals surface area contributed by atoms with Crippen molar-refractivity contribution in [2.75, 3.05) is 20.1 Å². The lowest BCUT2D eigenvalue weighted by Gasteiger charge is -2.40. The van der Waals surface area contributed by atoms with Gasteiger partial charge in [-0.1, -0.05) is 12.1 Å². The number of carbonyl (C=O) groups is 1. The van der Waals surface area contributed by atoms with Crippen LogP contribution in [0.2, 0.25) is 0 Å². The minimum atomic E-state index is -0.499. The van der Waals surface area contributed by atoms with Crippen LogP contribution in [-0.2, 0) is 13.1 Å². The SMILES string of the molecule is CN1CCCCN2C(=O)c3c(O)c(=O)ccn3CC12.NCc1ccc(F)cc1. The zero-order chi connectivity index (χ0) is 20.3. The van der Waals surface area contributed by atoms with Crippen molar-refractivity contribution in [3.8, 4) is 5.75 Å². The molecule has 8 heteroatoms. The predicted molar refractivity (Wildman–Crippen MR) is 103 cm³/mol. The first-order valence-electron chi connectivity index (χ1n) is 9.30. The highest BCUT2D eigenvalue weighted by Crippen LogP contribution is 2.25. The maximum absolute atomic E-state index is 12.5. The number of carbonyl (C=O) groups excluding carboxylic acids is 1. The predicted octanol–water partition coefficient (Wildman–Crippen LogP) is 1.35. The van der Waals surface area contributed by atoms with E-state index in [0.29, 0.717) is 19.6 Å². The highest BCUT2D eigenvalue weighted by Gasteiger charge is 2.37. The summed E-state index contributed by atoms with van der Waals surface area (Å²) in [5, 5.41) is 9.85. The fraction of sp³-hybridized carbons (Fsp3) is 0.400. The van der Waals surface area contributed by atoms with E-state index in [4.69, 9.17) is 5.73 Å². The Balaban J connectivity index is 0.000000211. The van der Waals surface area contributed by atoms with Gasteiger partial charge in [-0.15, -0.1) is 0 Å². The zero-order valence-electron chi connectivity index (χ0n) is 15.8. The summed E-state index contributed by atoms with van der Waals surface area (Å²) in [4.78, 5) is 27.9. The molecular weight excluding hydrogens is 363 g/mol. The van der Waals surface area contributed by atoms with Gasteiger partial charge < -0.3 is 20.3 Å². The van der Waals surface area contributed by atoms with E-state index in [2.05, 4.69) is 4.90 Å². The van der Waals surface area contributed by atoms with Crippen molar-refractivity contribution in [1.29, 1.82) is 0 Å². The topological polar surface area (TPSA) is 91.8 Å². The first-order chi connectivity index (χ1) is 13.4. The number of aromatic nitrogens is 1. The summed E-state index contributed by atoms with van der Waals surface area (Å²) in [7, 11) is 2.00. The summed E-state index contributed by atoms with van der Waals surface area (Å²) in [5.41, 5.74) is 5.86. The van der Waals surface area contributed by atoms with Crippen LogP contribution in [0.25, 0.3) is 0 Å². The van der Waals surface area contributed by atoms with E-state index in [0.717, 1.165) is 24.9 Å². The van der Waals surface area contributed by atoms with E-state index in [9.17, 15) is 19.1 Å². The van der Waals surface area contributed by atoms with E-state index in [-0.39, 0.29) is 23.6 Å². The molecule has 150 valence electrons. The Morgan fingerprint density at radius 3 is 2.50 bits per heavy atom. The third kappa shape index (κ3) is 4.07. The largest absolute Gasteiger partial charge is 0.503 e. The summed E-state index contributed by atoms with van der Waals surface area (Å²) in [6, 6.07) is 7.47. The molecule has 2 aromatic rings. The number of likely N-dealkylation sites (N-methyl/N-ethyl adjacent to an activating group) is 1. The van der Waals surface area contributed by atoms with Crippen LogP contribution in [-0.4, -0.2) is 51.7 Å². The molecule has 0 saturated carbocycles. The van der Waals surface area contributed by atoms with Crippen molar-refractivity contribution in [3.63, 3.8) is 0 Å². The van der Waals surface area contributed by atoms with E-state index in [1.807, 2.05) is 7.05 Å². The van der Waals surface area contributed by atoms with E-state index in [1.165, 1.54) is 18.2 Å². The van der Waals surface area contributed by atoms with Crippen LogP contribution >= 0.6 is 0 Å². The number of rotatable bonds is 1. The average molecular weight is 388 g/mol. The quantitative estimate of drug-likeness (QED) is 0.769. The number of aromatic hydroxyl groups is 1. The molecule has 1 unspecified atom stereocenters. The number of benzene rings is 1. The van der Waals surface area contributed by atoms with Crippen molar-refractivity contribution in [1.82, 2.24) is 14.4 Å². The van der Waals surface area contributed by atoms with E-state index >= 15 is 0 Å². The molecule has 3 heterocycles. The third-order valence-corrected chi connectivity index (χ3v) is 5.15. The number of nitrogens with two attached hydrogens (primary N) is 1. The number of pyridine rings is 1. The van der Waals surface area contributed by atoms with Crippen LogP contribution in [0.5, 0.6) is 5.75 Å². The van der Waals surface area contributed by atoms with E-state index in [1.54, 1.807) is 27.8 Å². The smallest absolute Gasteiger partial charge is 0.275 e. The second-order valence-electron chi connectivity index (χ2n) is 7.03. The standard InChI is InChI=1S/C13H17N3O3.C7H8FN/c1-14-5-2-3-6-16-10(14)8-15-7-4-9(17)12(18)11(15)13(16)19;8-7-3-1-6(5-9)2-4-7/h4,7,10,18H,2-3,5-6,8H2,1H3;1-4H,5,9H2. The minimum Gasteiger partial charge on any atom is -0.503 e. The Morgan fingerprint density at radius 2 is 1.82 bits per heavy atom. The van der Waals surface area contributed by atoms with Gasteiger partial charge in [0.25, 0.3) is 5.91 Å². The van der Waals surface area contributed by atoms with Crippen LogP contribution in [0, 0.1) is 5.82 Å². The van der Waals surface area contributed by atoms with Gasteiger partial charge in [-0.3, -0.25) is 14.5 Å². The molecule has 0 aliphatic carbocycles. The molecule has 0 spiro atoms. The second kappa shape index (κ2) is 8.53. The van der Waals surface area contributed by atoms with Gasteiger partial charge in [0.2, 0.25) is 5.43 Å². The van der Waals surface area contributed by atoms with Gasteiger partial charge in [-0.2, -0.15) is 0 Å². The van der Waals surface area contributed by atoms with Gasteiger partial charge in [0.05, 0.1) is 6.54 Å². The number of nitrogens with zero attached hydrogens (tertiary/aromatic N) is 3. The number of hydrogen-bond acceptors (Lipinski definition) is 5. The molecule has 3 N–H and O–H groups in total. The van der Waals surface area contributed by atoms with Crippen molar-refractivity contribution < 1.29 is 14.3 Å². The molecule has 4 rings (SSSR count). The summed E-state index contributed by atoms with van der Waals surface area (Å²) in [6.45, 7) is 2.69. The number of hydrogen-bond donors (Lipinski definition) is 2. The maximum atomic E-state index is 12.5. The van der Waals surface area contributed by atoms with Gasteiger partial charge in [0, 0.05) is 25.4 Å². The van der Waals surface area contributed by atoms with Crippen molar-refractivity contribution in [2.45, 2.75) is 32.1 Å². The lowest BCUT2D eigenvalue weighted by molar-refractivity contribution is 0.0305. The number of amides is 1. The lowest BCUT2D eigenvalue weighted by atomic mass is 10.1. The monoisotopic (exact) mass is 388 g/mol. The van der Waals surface area contributed by atoms with Crippen LogP contribution < -0.4 is 11.2 Å². The molecule has 28 heavy (non-hydrogen) atoms. The van der Waals surface area contributed by atoms with Crippen molar-refractivity contribution >= 4 is 5.91 Å². The number of fused-ring (bicyclic) bond motifs is 2. The fourth-order valence-corrected chi connectivity index (χ4v) is 3.53. The summed E-state index contributed by atoms with van der Waals surface area (Å²) < 4.78 is 13.9. The van der Waals surface area contributed by atoms with E-state index < -0.39 is 11.2 Å². The van der Waals surface area contributed by atoms with Crippen LogP contribution in [0.15, 0.2) is 41.3 Å². The third-order valence-electron chi connectivity index (χ3n) is 5.15. The van der Waals surface area contributed by atoms with Crippen LogP contribution in [0.3, 0.4) is 0 Å². The average Bonchev–Trinajstić information content (AvgIpc) is 2.88. The van der Waals surface area contributed by atoms with Gasteiger partial charge in [-0.05, 0) is 44.1 Å². The number of halogens is 1. The Morgan fingerprint density at radius 1 is 1.14 bits per heavy atom. The minimum absolute atomic E-state index is 0.00408. The molecule has 7 nitrogen and oxygen atoms in total. The Bertz CT molecular complexity index is 897.